The first-order valence-electron chi connectivity index (χ1n) is 5.18. The molecule has 0 spiro atoms. The molecule has 15 heavy (non-hydrogen) atoms. The zero-order chi connectivity index (χ0) is 11.3. The number of halogens is 1. The van der Waals surface area contributed by atoms with E-state index in [1.165, 1.54) is 11.1 Å². The lowest BCUT2D eigenvalue weighted by Crippen LogP contribution is -2.10. The zero-order valence-electron chi connectivity index (χ0n) is 9.35. The van der Waals surface area contributed by atoms with Crippen LogP contribution in [0.25, 0.3) is 0 Å². The Balaban J connectivity index is 2.57. The van der Waals surface area contributed by atoms with Gasteiger partial charge >= 0.3 is 0 Å². The highest BCUT2D eigenvalue weighted by atomic mass is 35.5. The topological polar surface area (TPSA) is 35.2 Å². The number of nitrogens with two attached hydrogens (primary N) is 1. The minimum Gasteiger partial charge on any atom is -0.380 e. The Morgan fingerprint density at radius 1 is 1.20 bits per heavy atom. The van der Waals surface area contributed by atoms with Crippen LogP contribution in [0.4, 0.5) is 0 Å². The Morgan fingerprint density at radius 2 is 1.87 bits per heavy atom. The first kappa shape index (κ1) is 12.5. The van der Waals surface area contributed by atoms with Crippen LogP contribution in [0.15, 0.2) is 12.1 Å². The minimum atomic E-state index is 0.570. The van der Waals surface area contributed by atoms with Crippen LogP contribution in [0.5, 0.6) is 0 Å². The van der Waals surface area contributed by atoms with Gasteiger partial charge in [0.15, 0.2) is 0 Å². The number of hydrogen-bond donors (Lipinski definition) is 1. The second-order valence-electron chi connectivity index (χ2n) is 3.68. The molecule has 1 rings (SSSR count). The molecule has 84 valence electrons. The van der Waals surface area contributed by atoms with Gasteiger partial charge in [-0.2, -0.15) is 0 Å². The van der Waals surface area contributed by atoms with Gasteiger partial charge in [-0.15, -0.1) is 0 Å². The number of rotatable bonds is 5. The normalized spacial score (nSPS) is 10.7. The van der Waals surface area contributed by atoms with Crippen LogP contribution in [0.2, 0.25) is 5.02 Å². The van der Waals surface area contributed by atoms with Gasteiger partial charge in [0.25, 0.3) is 0 Å². The predicted molar refractivity (Wildman–Crippen MR) is 64.5 cm³/mol. The maximum atomic E-state index is 6.13. The Morgan fingerprint density at radius 3 is 2.53 bits per heavy atom. The molecule has 0 unspecified atom stereocenters. The van der Waals surface area contributed by atoms with Crippen LogP contribution in [0.3, 0.4) is 0 Å². The average molecular weight is 228 g/mol. The van der Waals surface area contributed by atoms with Crippen molar-refractivity contribution in [3.8, 4) is 0 Å². The van der Waals surface area contributed by atoms with Crippen molar-refractivity contribution in [1.82, 2.24) is 0 Å². The molecule has 1 aromatic rings. The Labute approximate surface area is 96.4 Å². The summed E-state index contributed by atoms with van der Waals surface area (Å²) < 4.78 is 5.33. The first-order chi connectivity index (χ1) is 7.15. The lowest BCUT2D eigenvalue weighted by atomic mass is 10.0. The smallest absolute Gasteiger partial charge is 0.0588 e. The van der Waals surface area contributed by atoms with E-state index >= 15 is 0 Å². The standard InChI is InChI=1S/C12H18ClNO/c1-9-7-11(3-5-15-6-4-14)12(13)8-10(9)2/h7-8H,3-6,14H2,1-2H3. The zero-order valence-corrected chi connectivity index (χ0v) is 10.1. The van der Waals surface area contributed by atoms with Crippen LogP contribution in [-0.2, 0) is 11.2 Å². The molecule has 0 aromatic heterocycles. The molecule has 0 atom stereocenters. The molecule has 0 heterocycles. The van der Waals surface area contributed by atoms with E-state index in [1.807, 2.05) is 6.07 Å². The average Bonchev–Trinajstić information content (AvgIpc) is 2.20. The van der Waals surface area contributed by atoms with Crippen LogP contribution in [0, 0.1) is 13.8 Å². The van der Waals surface area contributed by atoms with Crippen molar-refractivity contribution in [1.29, 1.82) is 0 Å². The molecule has 2 nitrogen and oxygen atoms in total. The van der Waals surface area contributed by atoms with Crippen molar-refractivity contribution in [2.75, 3.05) is 19.8 Å². The number of hydrogen-bond acceptors (Lipinski definition) is 2. The predicted octanol–water partition coefficient (Wildman–Crippen LogP) is 2.47. The van der Waals surface area contributed by atoms with Crippen LogP contribution in [-0.4, -0.2) is 19.8 Å². The number of benzene rings is 1. The maximum Gasteiger partial charge on any atom is 0.0588 e. The molecule has 0 amide bonds. The molecule has 0 aliphatic heterocycles. The lowest BCUT2D eigenvalue weighted by Gasteiger charge is -2.08. The monoisotopic (exact) mass is 227 g/mol. The Kier molecular flexibility index (Phi) is 5.09. The molecule has 0 saturated heterocycles. The summed E-state index contributed by atoms with van der Waals surface area (Å²) in [6, 6.07) is 4.14. The van der Waals surface area contributed by atoms with Gasteiger partial charge in [0.2, 0.25) is 0 Å². The molecular weight excluding hydrogens is 210 g/mol. The van der Waals surface area contributed by atoms with E-state index in [9.17, 15) is 0 Å². The van der Waals surface area contributed by atoms with E-state index in [2.05, 4.69) is 19.9 Å². The summed E-state index contributed by atoms with van der Waals surface area (Å²) in [5.74, 6) is 0. The summed E-state index contributed by atoms with van der Waals surface area (Å²) in [5.41, 5.74) is 8.98. The van der Waals surface area contributed by atoms with Gasteiger partial charge in [0.05, 0.1) is 13.2 Å². The third-order valence-corrected chi connectivity index (χ3v) is 2.79. The van der Waals surface area contributed by atoms with Crippen molar-refractivity contribution in [2.24, 2.45) is 5.73 Å². The van der Waals surface area contributed by atoms with Gasteiger partial charge in [-0.1, -0.05) is 17.7 Å². The fourth-order valence-electron chi connectivity index (χ4n) is 1.40. The molecule has 2 N–H and O–H groups in total. The van der Waals surface area contributed by atoms with E-state index in [0.29, 0.717) is 19.8 Å². The van der Waals surface area contributed by atoms with Crippen molar-refractivity contribution < 1.29 is 4.74 Å². The first-order valence-corrected chi connectivity index (χ1v) is 5.56. The fourth-order valence-corrected chi connectivity index (χ4v) is 1.71. The van der Waals surface area contributed by atoms with Gasteiger partial charge in [-0.25, -0.2) is 0 Å². The largest absolute Gasteiger partial charge is 0.380 e. The van der Waals surface area contributed by atoms with Gasteiger partial charge in [0, 0.05) is 11.6 Å². The minimum absolute atomic E-state index is 0.570. The van der Waals surface area contributed by atoms with Gasteiger partial charge in [-0.05, 0) is 43.0 Å². The molecule has 3 heteroatoms. The van der Waals surface area contributed by atoms with Gasteiger partial charge < -0.3 is 10.5 Å². The molecule has 1 aromatic carbocycles. The Hall–Kier alpha value is -0.570. The third-order valence-electron chi connectivity index (χ3n) is 2.44. The number of ether oxygens (including phenoxy) is 1. The number of aryl methyl sites for hydroxylation is 2. The van der Waals surface area contributed by atoms with Crippen molar-refractivity contribution >= 4 is 11.6 Å². The highest BCUT2D eigenvalue weighted by molar-refractivity contribution is 6.31. The maximum absolute atomic E-state index is 6.13. The summed E-state index contributed by atoms with van der Waals surface area (Å²) in [7, 11) is 0. The summed E-state index contributed by atoms with van der Waals surface area (Å²) in [4.78, 5) is 0. The van der Waals surface area contributed by atoms with E-state index in [0.717, 1.165) is 17.0 Å². The molecule has 0 aliphatic carbocycles. The Bertz CT molecular complexity index is 326. The van der Waals surface area contributed by atoms with E-state index < -0.39 is 0 Å². The molecule has 0 fully saturated rings. The SMILES string of the molecule is Cc1cc(Cl)c(CCOCCN)cc1C. The van der Waals surface area contributed by atoms with E-state index in [-0.39, 0.29) is 0 Å². The molecule has 0 saturated carbocycles. The fraction of sp³-hybridized carbons (Fsp3) is 0.500. The quantitative estimate of drug-likeness (QED) is 0.785. The van der Waals surface area contributed by atoms with Crippen LogP contribution >= 0.6 is 11.6 Å². The van der Waals surface area contributed by atoms with E-state index in [1.54, 1.807) is 0 Å². The summed E-state index contributed by atoms with van der Waals surface area (Å²) in [5, 5.41) is 0.828. The molecule has 0 bridgehead atoms. The van der Waals surface area contributed by atoms with Gasteiger partial charge in [-0.3, -0.25) is 0 Å². The highest BCUT2D eigenvalue weighted by Crippen LogP contribution is 2.21. The van der Waals surface area contributed by atoms with Crippen molar-refractivity contribution in [3.63, 3.8) is 0 Å². The summed E-state index contributed by atoms with van der Waals surface area (Å²) in [6.07, 6.45) is 0.847. The highest BCUT2D eigenvalue weighted by Gasteiger charge is 2.03. The third kappa shape index (κ3) is 3.82. The van der Waals surface area contributed by atoms with Gasteiger partial charge in [0.1, 0.15) is 0 Å². The molecule has 0 aliphatic rings. The van der Waals surface area contributed by atoms with Crippen molar-refractivity contribution in [3.05, 3.63) is 33.8 Å². The second-order valence-corrected chi connectivity index (χ2v) is 4.09. The summed E-state index contributed by atoms with van der Waals surface area (Å²) >= 11 is 6.13. The second kappa shape index (κ2) is 6.11. The van der Waals surface area contributed by atoms with Crippen molar-refractivity contribution in [2.45, 2.75) is 20.3 Å². The molecule has 0 radical (unpaired) electrons. The lowest BCUT2D eigenvalue weighted by molar-refractivity contribution is 0.145. The van der Waals surface area contributed by atoms with Crippen LogP contribution in [0.1, 0.15) is 16.7 Å². The summed E-state index contributed by atoms with van der Waals surface area (Å²) in [6.45, 7) is 6.02. The van der Waals surface area contributed by atoms with Crippen LogP contribution < -0.4 is 5.73 Å². The van der Waals surface area contributed by atoms with E-state index in [4.69, 9.17) is 22.1 Å². The molecular formula is C12H18ClNO.